The van der Waals surface area contributed by atoms with Crippen molar-refractivity contribution >= 4 is 5.91 Å². The van der Waals surface area contributed by atoms with Gasteiger partial charge in [-0.15, -0.1) is 0 Å². The zero-order chi connectivity index (χ0) is 15.2. The van der Waals surface area contributed by atoms with Gasteiger partial charge in [0.05, 0.1) is 12.9 Å². The van der Waals surface area contributed by atoms with Crippen LogP contribution in [0.4, 0.5) is 0 Å². The Morgan fingerprint density at radius 3 is 2.81 bits per heavy atom. The first-order chi connectivity index (χ1) is 10.1. The first-order valence-corrected chi connectivity index (χ1v) is 6.91. The first-order valence-electron chi connectivity index (χ1n) is 6.91. The molecule has 0 unspecified atom stereocenters. The molecule has 1 N–H and O–H groups in total. The van der Waals surface area contributed by atoms with E-state index in [1.165, 1.54) is 0 Å². The number of nitrogens with zero attached hydrogens (tertiary/aromatic N) is 1. The van der Waals surface area contributed by atoms with Crippen LogP contribution in [0.3, 0.4) is 0 Å². The molecule has 0 aromatic carbocycles. The van der Waals surface area contributed by atoms with Gasteiger partial charge in [0, 0.05) is 12.7 Å². The minimum Gasteiger partial charge on any atom is -0.467 e. The number of carbonyl (C=O) groups excluding carboxylic acids is 1. The highest BCUT2D eigenvalue weighted by atomic mass is 16.5. The fraction of sp³-hybridized carbons (Fsp3) is 0.467. The number of carbonyl (C=O) groups is 1. The van der Waals surface area contributed by atoms with Gasteiger partial charge >= 0.3 is 0 Å². The molecule has 0 fully saturated rings. The van der Waals surface area contributed by atoms with Gasteiger partial charge in [-0.2, -0.15) is 0 Å². The first kappa shape index (κ1) is 15.3. The Balaban J connectivity index is 2.00. The minimum absolute atomic E-state index is 0.243. The number of furan rings is 1. The Morgan fingerprint density at radius 1 is 1.43 bits per heavy atom. The predicted octanol–water partition coefficient (Wildman–Crippen LogP) is 2.72. The third-order valence-electron chi connectivity index (χ3n) is 2.79. The number of aromatic nitrogens is 1. The molecule has 2 aromatic heterocycles. The second-order valence-electron chi connectivity index (χ2n) is 5.30. The van der Waals surface area contributed by atoms with E-state index in [1.54, 1.807) is 31.4 Å². The van der Waals surface area contributed by atoms with E-state index in [0.717, 1.165) is 0 Å². The molecule has 0 aliphatic heterocycles. The van der Waals surface area contributed by atoms with Crippen LogP contribution in [0.5, 0.6) is 0 Å². The van der Waals surface area contributed by atoms with Gasteiger partial charge in [-0.3, -0.25) is 4.79 Å². The van der Waals surface area contributed by atoms with Crippen LogP contribution in [0.2, 0.25) is 0 Å². The van der Waals surface area contributed by atoms with Crippen LogP contribution in [0.25, 0.3) is 0 Å². The van der Waals surface area contributed by atoms with E-state index < -0.39 is 0 Å². The lowest BCUT2D eigenvalue weighted by molar-refractivity contribution is 0.0725. The summed E-state index contributed by atoms with van der Waals surface area (Å²) >= 11 is 0. The monoisotopic (exact) mass is 292 g/mol. The smallest absolute Gasteiger partial charge is 0.274 e. The van der Waals surface area contributed by atoms with Crippen molar-refractivity contribution in [3.8, 4) is 0 Å². The van der Waals surface area contributed by atoms with Crippen molar-refractivity contribution in [3.63, 3.8) is 0 Å². The van der Waals surface area contributed by atoms with E-state index in [1.807, 2.05) is 0 Å². The molecule has 2 heterocycles. The molecule has 0 radical (unpaired) electrons. The summed E-state index contributed by atoms with van der Waals surface area (Å²) in [5.41, 5.74) is 0.243. The lowest BCUT2D eigenvalue weighted by Crippen LogP contribution is -2.32. The Bertz CT molecular complexity index is 560. The lowest BCUT2D eigenvalue weighted by Gasteiger charge is -2.17. The Kier molecular flexibility index (Phi) is 5.16. The van der Waals surface area contributed by atoms with Crippen LogP contribution < -0.4 is 5.32 Å². The third-order valence-corrected chi connectivity index (χ3v) is 2.79. The topological polar surface area (TPSA) is 77.5 Å². The van der Waals surface area contributed by atoms with Gasteiger partial charge in [-0.25, -0.2) is 0 Å². The molecule has 0 aliphatic carbocycles. The third kappa shape index (κ3) is 4.46. The highest BCUT2D eigenvalue weighted by molar-refractivity contribution is 5.92. The lowest BCUT2D eigenvalue weighted by atomic mass is 10.2. The van der Waals surface area contributed by atoms with Crippen molar-refractivity contribution in [1.82, 2.24) is 10.5 Å². The molecule has 21 heavy (non-hydrogen) atoms. The van der Waals surface area contributed by atoms with Gasteiger partial charge in [-0.1, -0.05) is 19.0 Å². The van der Waals surface area contributed by atoms with Gasteiger partial charge in [0.25, 0.3) is 5.91 Å². The van der Waals surface area contributed by atoms with Crippen molar-refractivity contribution in [1.29, 1.82) is 0 Å². The molecule has 114 valence electrons. The normalized spacial score (nSPS) is 12.6. The number of ether oxygens (including phenoxy) is 1. The maximum Gasteiger partial charge on any atom is 0.274 e. The van der Waals surface area contributed by atoms with Crippen molar-refractivity contribution in [2.45, 2.75) is 26.8 Å². The second-order valence-corrected chi connectivity index (χ2v) is 5.30. The Morgan fingerprint density at radius 2 is 2.24 bits per heavy atom. The predicted molar refractivity (Wildman–Crippen MR) is 75.8 cm³/mol. The molecule has 6 heteroatoms. The number of hydrogen-bond donors (Lipinski definition) is 1. The van der Waals surface area contributed by atoms with Crippen molar-refractivity contribution in [2.75, 3.05) is 13.2 Å². The number of rotatable bonds is 7. The molecule has 2 rings (SSSR count). The molecule has 6 nitrogen and oxygen atoms in total. The van der Waals surface area contributed by atoms with E-state index in [9.17, 15) is 4.79 Å². The second kappa shape index (κ2) is 7.08. The largest absolute Gasteiger partial charge is 0.467 e. The van der Waals surface area contributed by atoms with E-state index in [4.69, 9.17) is 13.7 Å². The van der Waals surface area contributed by atoms with Gasteiger partial charge in [0.1, 0.15) is 17.6 Å². The quantitative estimate of drug-likeness (QED) is 0.849. The van der Waals surface area contributed by atoms with Crippen molar-refractivity contribution < 1.29 is 18.5 Å². The Hall–Kier alpha value is -2.08. The minimum atomic E-state index is -0.358. The van der Waals surface area contributed by atoms with Crippen molar-refractivity contribution in [3.05, 3.63) is 41.7 Å². The number of hydrogen-bond acceptors (Lipinski definition) is 5. The molecule has 0 bridgehead atoms. The molecular formula is C15H20N2O4. The van der Waals surface area contributed by atoms with E-state index >= 15 is 0 Å². The molecule has 2 aromatic rings. The summed E-state index contributed by atoms with van der Waals surface area (Å²) in [4.78, 5) is 12.1. The van der Waals surface area contributed by atoms with Crippen LogP contribution in [-0.2, 0) is 4.74 Å². The van der Waals surface area contributed by atoms with Crippen LogP contribution in [0, 0.1) is 12.8 Å². The molecule has 0 aliphatic rings. The van der Waals surface area contributed by atoms with Crippen LogP contribution in [0.15, 0.2) is 33.4 Å². The molecule has 0 spiro atoms. The van der Waals surface area contributed by atoms with Crippen LogP contribution in [0.1, 0.15) is 41.9 Å². The molecule has 1 amide bonds. The summed E-state index contributed by atoms with van der Waals surface area (Å²) in [5.74, 6) is 1.34. The summed E-state index contributed by atoms with van der Waals surface area (Å²) < 4.78 is 15.9. The highest BCUT2D eigenvalue weighted by Gasteiger charge is 2.20. The van der Waals surface area contributed by atoms with Gasteiger partial charge in [0.2, 0.25) is 0 Å². The fourth-order valence-corrected chi connectivity index (χ4v) is 1.81. The van der Waals surface area contributed by atoms with Crippen molar-refractivity contribution in [2.24, 2.45) is 5.92 Å². The summed E-state index contributed by atoms with van der Waals surface area (Å²) in [6, 6.07) is 4.81. The maximum absolute atomic E-state index is 12.1. The van der Waals surface area contributed by atoms with Crippen LogP contribution in [-0.4, -0.2) is 24.3 Å². The fourth-order valence-electron chi connectivity index (χ4n) is 1.81. The van der Waals surface area contributed by atoms with E-state index in [2.05, 4.69) is 24.3 Å². The molecule has 0 saturated heterocycles. The van der Waals surface area contributed by atoms with E-state index in [0.29, 0.717) is 30.7 Å². The number of nitrogens with one attached hydrogen (secondary N) is 1. The molecule has 0 saturated carbocycles. The standard InChI is InChI=1S/C15H20N2O4/c1-10(2)8-19-9-13(14-5-4-6-20-14)16-15(18)12-7-11(3)21-17-12/h4-7,10,13H,8-9H2,1-3H3,(H,16,18)/t13-/m1/s1. The van der Waals surface area contributed by atoms with Gasteiger partial charge in [-0.05, 0) is 25.0 Å². The summed E-state index contributed by atoms with van der Waals surface area (Å²) in [6.45, 7) is 6.83. The highest BCUT2D eigenvalue weighted by Crippen LogP contribution is 2.15. The average Bonchev–Trinajstić information content (AvgIpc) is 3.08. The zero-order valence-electron chi connectivity index (χ0n) is 12.5. The van der Waals surface area contributed by atoms with Gasteiger partial charge in [0.15, 0.2) is 5.69 Å². The maximum atomic E-state index is 12.1. The van der Waals surface area contributed by atoms with Crippen LogP contribution >= 0.6 is 0 Å². The number of aryl methyl sites for hydroxylation is 1. The van der Waals surface area contributed by atoms with Gasteiger partial charge < -0.3 is 19.0 Å². The molecular weight excluding hydrogens is 272 g/mol. The summed E-state index contributed by atoms with van der Waals surface area (Å²) in [6.07, 6.45) is 1.57. The average molecular weight is 292 g/mol. The SMILES string of the molecule is Cc1cc(C(=O)N[C@H](COCC(C)C)c2ccco2)no1. The van der Waals surface area contributed by atoms with E-state index in [-0.39, 0.29) is 17.6 Å². The summed E-state index contributed by atoms with van der Waals surface area (Å²) in [5, 5.41) is 6.54. The molecule has 1 atom stereocenters. The zero-order valence-corrected chi connectivity index (χ0v) is 12.5. The summed E-state index contributed by atoms with van der Waals surface area (Å²) in [7, 11) is 0. The number of amides is 1. The Labute approximate surface area is 123 Å².